The van der Waals surface area contributed by atoms with Crippen LogP contribution in [-0.4, -0.2) is 51.5 Å². The van der Waals surface area contributed by atoms with Crippen molar-refractivity contribution in [2.75, 3.05) is 12.0 Å². The molecule has 5 rings (SSSR count). The molecular formula is C29H26N2O8. The number of nitrogens with zero attached hydrogens (tertiary/aromatic N) is 1. The number of amides is 2. The molecule has 10 nitrogen and oxygen atoms in total. The van der Waals surface area contributed by atoms with Gasteiger partial charge in [-0.15, -0.1) is 0 Å². The van der Waals surface area contributed by atoms with Gasteiger partial charge in [0.1, 0.15) is 11.3 Å². The van der Waals surface area contributed by atoms with Crippen LogP contribution in [0.1, 0.15) is 34.5 Å². The van der Waals surface area contributed by atoms with Gasteiger partial charge in [0.25, 0.3) is 0 Å². The first-order valence-electron chi connectivity index (χ1n) is 12.2. The van der Waals surface area contributed by atoms with Crippen molar-refractivity contribution in [3.05, 3.63) is 83.4 Å². The van der Waals surface area contributed by atoms with Gasteiger partial charge in [0.15, 0.2) is 17.3 Å². The number of para-hydroxylation sites is 1. The number of phenolic OH excluding ortho intramolecular Hbond substituents is 2. The normalized spacial score (nSPS) is 24.1. The van der Waals surface area contributed by atoms with Gasteiger partial charge < -0.3 is 20.1 Å². The van der Waals surface area contributed by atoms with Crippen LogP contribution in [0.15, 0.2) is 66.7 Å². The number of hydrogen-bond acceptors (Lipinski definition) is 8. The number of ketones is 1. The summed E-state index contributed by atoms with van der Waals surface area (Å²) in [6.45, 7) is 1.40. The second kappa shape index (κ2) is 9.55. The average molecular weight is 531 g/mol. The molecule has 2 aliphatic rings. The van der Waals surface area contributed by atoms with Gasteiger partial charge in [0.05, 0.1) is 24.6 Å². The van der Waals surface area contributed by atoms with E-state index in [1.165, 1.54) is 56.5 Å². The number of ether oxygens (including phenoxy) is 1. The summed E-state index contributed by atoms with van der Waals surface area (Å²) >= 11 is 0. The van der Waals surface area contributed by atoms with E-state index >= 15 is 0 Å². The second-order valence-corrected chi connectivity index (χ2v) is 9.76. The Morgan fingerprint density at radius 1 is 0.974 bits per heavy atom. The number of fused-ring (bicyclic) bond motifs is 1. The minimum Gasteiger partial charge on any atom is -0.508 e. The highest BCUT2D eigenvalue weighted by atomic mass is 16.5. The predicted molar refractivity (Wildman–Crippen MR) is 139 cm³/mol. The van der Waals surface area contributed by atoms with E-state index < -0.39 is 41.2 Å². The molecule has 0 saturated carbocycles. The Morgan fingerprint density at radius 3 is 2.23 bits per heavy atom. The number of methoxy groups -OCH3 is 1. The van der Waals surface area contributed by atoms with E-state index in [0.29, 0.717) is 11.1 Å². The minimum absolute atomic E-state index is 0.00753. The molecule has 39 heavy (non-hydrogen) atoms. The molecule has 4 atom stereocenters. The molecule has 2 heterocycles. The molecule has 0 aromatic heterocycles. The maximum atomic E-state index is 14.0. The smallest absolute Gasteiger partial charge is 0.325 e. The first-order valence-corrected chi connectivity index (χ1v) is 12.2. The standard InChI is InChI=1S/C29H26N2O8/c1-15(32)17-8-10-18(11-9-17)31-26(35)22-23(27(31)36)29(28(37)38,14-16-6-12-19(33)13-7-16)30-24(22)20-4-3-5-21(39-2)25(20)34/h3-13,22-24,30,33-34H,14H2,1-2H3,(H,37,38). The quantitative estimate of drug-likeness (QED) is 0.267. The van der Waals surface area contributed by atoms with Crippen molar-refractivity contribution in [3.63, 3.8) is 0 Å². The molecule has 3 aromatic carbocycles. The molecule has 200 valence electrons. The van der Waals surface area contributed by atoms with E-state index in [-0.39, 0.29) is 40.7 Å². The number of aliphatic carboxylic acids is 1. The van der Waals surface area contributed by atoms with Gasteiger partial charge in [-0.05, 0) is 55.0 Å². The van der Waals surface area contributed by atoms with Gasteiger partial charge in [0, 0.05) is 23.6 Å². The molecule has 10 heteroatoms. The van der Waals surface area contributed by atoms with Crippen molar-refractivity contribution >= 4 is 29.3 Å². The summed E-state index contributed by atoms with van der Waals surface area (Å²) < 4.78 is 5.22. The number of imide groups is 1. The number of rotatable bonds is 7. The van der Waals surface area contributed by atoms with E-state index in [4.69, 9.17) is 4.74 Å². The van der Waals surface area contributed by atoms with Crippen molar-refractivity contribution in [1.29, 1.82) is 0 Å². The topological polar surface area (TPSA) is 153 Å². The van der Waals surface area contributed by atoms with Crippen LogP contribution in [0.3, 0.4) is 0 Å². The van der Waals surface area contributed by atoms with Crippen molar-refractivity contribution in [2.45, 2.75) is 24.9 Å². The summed E-state index contributed by atoms with van der Waals surface area (Å²) in [6, 6.07) is 15.5. The molecule has 2 amide bonds. The predicted octanol–water partition coefficient (Wildman–Crippen LogP) is 2.83. The summed E-state index contributed by atoms with van der Waals surface area (Å²) in [5.74, 6) is -5.52. The van der Waals surface area contributed by atoms with Crippen LogP contribution >= 0.6 is 0 Å². The summed E-state index contributed by atoms with van der Waals surface area (Å²) in [6.07, 6.45) is -0.179. The molecule has 2 aliphatic heterocycles. The van der Waals surface area contributed by atoms with Gasteiger partial charge in [-0.3, -0.25) is 24.5 Å². The lowest BCUT2D eigenvalue weighted by Crippen LogP contribution is -2.57. The number of anilines is 1. The maximum absolute atomic E-state index is 14.0. The molecule has 4 unspecified atom stereocenters. The number of phenols is 2. The molecule has 2 saturated heterocycles. The Balaban J connectivity index is 1.66. The first-order chi connectivity index (χ1) is 18.6. The van der Waals surface area contributed by atoms with Crippen LogP contribution < -0.4 is 15.0 Å². The Hall–Kier alpha value is -4.70. The van der Waals surface area contributed by atoms with E-state index in [0.717, 1.165) is 4.90 Å². The van der Waals surface area contributed by atoms with Crippen LogP contribution in [-0.2, 0) is 20.8 Å². The van der Waals surface area contributed by atoms with Gasteiger partial charge in [-0.2, -0.15) is 0 Å². The van der Waals surface area contributed by atoms with E-state index in [1.54, 1.807) is 24.3 Å². The van der Waals surface area contributed by atoms with Gasteiger partial charge in [-0.1, -0.05) is 24.3 Å². The second-order valence-electron chi connectivity index (χ2n) is 9.76. The number of Topliss-reactive ketones (excluding diaryl/α,β-unsaturated/α-hetero) is 1. The third-order valence-electron chi connectivity index (χ3n) is 7.57. The number of nitrogens with one attached hydrogen (secondary N) is 1. The largest absolute Gasteiger partial charge is 0.508 e. The van der Waals surface area contributed by atoms with Crippen molar-refractivity contribution in [3.8, 4) is 17.2 Å². The maximum Gasteiger partial charge on any atom is 0.325 e. The summed E-state index contributed by atoms with van der Waals surface area (Å²) in [7, 11) is 1.37. The van der Waals surface area contributed by atoms with Crippen LogP contribution in [0.25, 0.3) is 0 Å². The zero-order chi connectivity index (χ0) is 28.1. The number of carboxylic acids is 1. The van der Waals surface area contributed by atoms with Crippen LogP contribution in [0.2, 0.25) is 0 Å². The highest BCUT2D eigenvalue weighted by Gasteiger charge is 2.69. The molecule has 0 bridgehead atoms. The summed E-state index contributed by atoms with van der Waals surface area (Å²) in [5, 5.41) is 34.3. The Labute approximate surface area is 223 Å². The van der Waals surface area contributed by atoms with Crippen LogP contribution in [0.5, 0.6) is 17.2 Å². The highest BCUT2D eigenvalue weighted by molar-refractivity contribution is 6.24. The van der Waals surface area contributed by atoms with Crippen molar-refractivity contribution in [1.82, 2.24) is 5.32 Å². The van der Waals surface area contributed by atoms with Crippen LogP contribution in [0, 0.1) is 11.8 Å². The lowest BCUT2D eigenvalue weighted by atomic mass is 9.76. The fourth-order valence-corrected chi connectivity index (χ4v) is 5.70. The SMILES string of the molecule is COc1cccc(C2NC(Cc3ccc(O)cc3)(C(=O)O)C3C(=O)N(c4ccc(C(C)=O)cc4)C(=O)C23)c1O. The minimum atomic E-state index is -1.93. The fourth-order valence-electron chi connectivity index (χ4n) is 5.70. The van der Waals surface area contributed by atoms with Crippen molar-refractivity contribution in [2.24, 2.45) is 11.8 Å². The number of carbonyl (C=O) groups excluding carboxylic acids is 3. The molecule has 4 N–H and O–H groups in total. The molecular weight excluding hydrogens is 504 g/mol. The van der Waals surface area contributed by atoms with Gasteiger partial charge >= 0.3 is 5.97 Å². The zero-order valence-electron chi connectivity index (χ0n) is 21.1. The van der Waals surface area contributed by atoms with Crippen molar-refractivity contribution < 1.29 is 39.2 Å². The summed E-state index contributed by atoms with van der Waals surface area (Å²) in [5.41, 5.74) is -0.592. The number of hydrogen-bond donors (Lipinski definition) is 4. The average Bonchev–Trinajstić information content (AvgIpc) is 3.39. The number of benzene rings is 3. The van der Waals surface area contributed by atoms with Crippen LogP contribution in [0.4, 0.5) is 5.69 Å². The number of carboxylic acid groups (broad SMARTS) is 1. The highest BCUT2D eigenvalue weighted by Crippen LogP contribution is 2.53. The Bertz CT molecular complexity index is 1480. The molecule has 0 spiro atoms. The Kier molecular flexibility index (Phi) is 6.35. The molecule has 2 fully saturated rings. The van der Waals surface area contributed by atoms with Gasteiger partial charge in [-0.25, -0.2) is 4.90 Å². The third kappa shape index (κ3) is 4.09. The monoisotopic (exact) mass is 530 g/mol. The summed E-state index contributed by atoms with van der Waals surface area (Å²) in [4.78, 5) is 53.6. The lowest BCUT2D eigenvalue weighted by Gasteiger charge is -2.31. The lowest BCUT2D eigenvalue weighted by molar-refractivity contribution is -0.148. The van der Waals surface area contributed by atoms with E-state index in [1.807, 2.05) is 0 Å². The molecule has 3 aromatic rings. The first kappa shape index (κ1) is 25.9. The van der Waals surface area contributed by atoms with E-state index in [9.17, 15) is 34.5 Å². The number of aromatic hydroxyl groups is 2. The Morgan fingerprint density at radius 2 is 1.64 bits per heavy atom. The van der Waals surface area contributed by atoms with E-state index in [2.05, 4.69) is 5.32 Å². The third-order valence-corrected chi connectivity index (χ3v) is 7.57. The molecule has 0 aliphatic carbocycles. The zero-order valence-corrected chi connectivity index (χ0v) is 21.1. The fraction of sp³-hybridized carbons (Fsp3) is 0.241. The number of carbonyl (C=O) groups is 4. The van der Waals surface area contributed by atoms with Gasteiger partial charge in [0.2, 0.25) is 11.8 Å². The molecule has 0 radical (unpaired) electrons.